The van der Waals surface area contributed by atoms with Crippen molar-refractivity contribution >= 4 is 22.3 Å². The van der Waals surface area contributed by atoms with Crippen LogP contribution in [0.5, 0.6) is 0 Å². The van der Waals surface area contributed by atoms with Crippen molar-refractivity contribution in [3.63, 3.8) is 0 Å². The van der Waals surface area contributed by atoms with E-state index in [1.54, 1.807) is 0 Å². The van der Waals surface area contributed by atoms with Crippen LogP contribution in [0.25, 0.3) is 10.9 Å². The Morgan fingerprint density at radius 2 is 1.95 bits per heavy atom. The van der Waals surface area contributed by atoms with Gasteiger partial charge in [-0.1, -0.05) is 27.7 Å². The molecule has 2 aromatic rings. The summed E-state index contributed by atoms with van der Waals surface area (Å²) in [6.07, 6.45) is 0. The molecule has 1 aromatic heterocycles. The average Bonchev–Trinajstić information content (AvgIpc) is 2.36. The van der Waals surface area contributed by atoms with Gasteiger partial charge < -0.3 is 11.1 Å². The highest BCUT2D eigenvalue weighted by molar-refractivity contribution is 5.93. The number of nitrogens with two attached hydrogens (primary N) is 1. The Balaban J connectivity index is 2.36. The summed E-state index contributed by atoms with van der Waals surface area (Å²) in [7, 11) is 0. The van der Waals surface area contributed by atoms with Crippen LogP contribution in [0.1, 0.15) is 33.4 Å². The van der Waals surface area contributed by atoms with E-state index in [0.717, 1.165) is 34.5 Å². The molecule has 0 fully saturated rings. The number of rotatable bonds is 4. The molecule has 0 saturated carbocycles. The molecule has 0 saturated heterocycles. The third-order valence-corrected chi connectivity index (χ3v) is 4.26. The number of aromatic nitrogens is 1. The van der Waals surface area contributed by atoms with Gasteiger partial charge in [-0.3, -0.25) is 4.98 Å². The summed E-state index contributed by atoms with van der Waals surface area (Å²) in [6.45, 7) is 12.0. The van der Waals surface area contributed by atoms with E-state index in [1.165, 1.54) is 0 Å². The van der Waals surface area contributed by atoms with Crippen LogP contribution in [0, 0.1) is 18.3 Å². The Morgan fingerprint density at radius 3 is 2.60 bits per heavy atom. The van der Waals surface area contributed by atoms with Crippen LogP contribution >= 0.6 is 0 Å². The summed E-state index contributed by atoms with van der Waals surface area (Å²) in [6, 6.07) is 7.97. The first-order valence-electron chi connectivity index (χ1n) is 7.20. The molecule has 1 heterocycles. The number of nitrogens with zero attached hydrogens (tertiary/aromatic N) is 1. The lowest BCUT2D eigenvalue weighted by molar-refractivity contribution is 0.270. The lowest BCUT2D eigenvalue weighted by atomic mass is 9.81. The number of anilines is 2. The molecule has 0 radical (unpaired) electrons. The minimum absolute atomic E-state index is 0.240. The summed E-state index contributed by atoms with van der Waals surface area (Å²) < 4.78 is 0. The lowest BCUT2D eigenvalue weighted by Crippen LogP contribution is -2.28. The van der Waals surface area contributed by atoms with Crippen LogP contribution in [0.4, 0.5) is 11.4 Å². The summed E-state index contributed by atoms with van der Waals surface area (Å²) >= 11 is 0. The zero-order chi connectivity index (χ0) is 14.9. The second kappa shape index (κ2) is 5.31. The fourth-order valence-electron chi connectivity index (χ4n) is 2.05. The quantitative estimate of drug-likeness (QED) is 0.819. The van der Waals surface area contributed by atoms with Crippen molar-refractivity contribution in [3.05, 3.63) is 30.0 Å². The van der Waals surface area contributed by atoms with Gasteiger partial charge >= 0.3 is 0 Å². The Labute approximate surface area is 121 Å². The van der Waals surface area contributed by atoms with Crippen LogP contribution in [-0.4, -0.2) is 11.5 Å². The first-order valence-corrected chi connectivity index (χ1v) is 7.20. The molecule has 0 atom stereocenters. The highest BCUT2D eigenvalue weighted by Gasteiger charge is 2.22. The van der Waals surface area contributed by atoms with E-state index < -0.39 is 0 Å². The summed E-state index contributed by atoms with van der Waals surface area (Å²) in [5.74, 6) is 0.620. The summed E-state index contributed by atoms with van der Waals surface area (Å²) in [4.78, 5) is 4.56. The van der Waals surface area contributed by atoms with Crippen LogP contribution < -0.4 is 11.1 Å². The van der Waals surface area contributed by atoms with Gasteiger partial charge in [0.25, 0.3) is 0 Å². The molecule has 0 unspecified atom stereocenters. The fraction of sp³-hybridized carbons (Fsp3) is 0.471. The molecule has 0 spiro atoms. The van der Waals surface area contributed by atoms with Crippen molar-refractivity contribution < 1.29 is 0 Å². The monoisotopic (exact) mass is 271 g/mol. The Kier molecular flexibility index (Phi) is 3.89. The highest BCUT2D eigenvalue weighted by atomic mass is 14.9. The minimum Gasteiger partial charge on any atom is -0.399 e. The number of benzene rings is 1. The summed E-state index contributed by atoms with van der Waals surface area (Å²) in [5.41, 5.74) is 10.0. The molecule has 3 N–H and O–H groups in total. The number of hydrogen-bond acceptors (Lipinski definition) is 3. The molecular formula is C17H25N3. The van der Waals surface area contributed by atoms with Crippen molar-refractivity contribution in [1.82, 2.24) is 4.98 Å². The number of hydrogen-bond donors (Lipinski definition) is 2. The zero-order valence-corrected chi connectivity index (χ0v) is 13.1. The van der Waals surface area contributed by atoms with Crippen LogP contribution in [0.3, 0.4) is 0 Å². The number of nitrogen functional groups attached to an aromatic ring is 1. The van der Waals surface area contributed by atoms with Gasteiger partial charge in [0.05, 0.1) is 5.52 Å². The van der Waals surface area contributed by atoms with Crippen LogP contribution in [-0.2, 0) is 0 Å². The third kappa shape index (κ3) is 3.03. The molecule has 0 amide bonds. The van der Waals surface area contributed by atoms with Crippen molar-refractivity contribution in [1.29, 1.82) is 0 Å². The van der Waals surface area contributed by atoms with Gasteiger partial charge in [-0.25, -0.2) is 0 Å². The molecule has 108 valence electrons. The first kappa shape index (κ1) is 14.6. The van der Waals surface area contributed by atoms with Gasteiger partial charge in [0, 0.05) is 29.0 Å². The zero-order valence-electron chi connectivity index (χ0n) is 13.1. The van der Waals surface area contributed by atoms with E-state index >= 15 is 0 Å². The topological polar surface area (TPSA) is 50.9 Å². The molecule has 0 aliphatic heterocycles. The largest absolute Gasteiger partial charge is 0.399 e. The number of fused-ring (bicyclic) bond motifs is 1. The van der Waals surface area contributed by atoms with Crippen molar-refractivity contribution in [2.24, 2.45) is 11.3 Å². The first-order chi connectivity index (χ1) is 9.29. The fourth-order valence-corrected chi connectivity index (χ4v) is 2.05. The van der Waals surface area contributed by atoms with Gasteiger partial charge in [0.15, 0.2) is 0 Å². The number of nitrogens with one attached hydrogen (secondary N) is 1. The lowest BCUT2D eigenvalue weighted by Gasteiger charge is -2.30. The van der Waals surface area contributed by atoms with Crippen molar-refractivity contribution in [2.75, 3.05) is 17.6 Å². The Morgan fingerprint density at radius 1 is 1.25 bits per heavy atom. The predicted octanol–water partition coefficient (Wildman–Crippen LogP) is 4.22. The van der Waals surface area contributed by atoms with E-state index in [9.17, 15) is 0 Å². The van der Waals surface area contributed by atoms with E-state index in [2.05, 4.69) is 44.1 Å². The smallest absolute Gasteiger partial charge is 0.0727 e. The average molecular weight is 271 g/mol. The van der Waals surface area contributed by atoms with Crippen molar-refractivity contribution in [3.8, 4) is 0 Å². The van der Waals surface area contributed by atoms with E-state index in [-0.39, 0.29) is 5.41 Å². The van der Waals surface area contributed by atoms with Gasteiger partial charge in [-0.15, -0.1) is 0 Å². The molecular weight excluding hydrogens is 246 g/mol. The molecule has 3 heteroatoms. The van der Waals surface area contributed by atoms with Crippen molar-refractivity contribution in [2.45, 2.75) is 34.6 Å². The van der Waals surface area contributed by atoms with Gasteiger partial charge in [0.2, 0.25) is 0 Å². The highest BCUT2D eigenvalue weighted by Crippen LogP contribution is 2.29. The van der Waals surface area contributed by atoms with Gasteiger partial charge in [-0.05, 0) is 42.5 Å². The molecule has 0 bridgehead atoms. The molecule has 0 aliphatic rings. The molecule has 20 heavy (non-hydrogen) atoms. The van der Waals surface area contributed by atoms with E-state index in [0.29, 0.717) is 5.92 Å². The second-order valence-corrected chi connectivity index (χ2v) is 6.58. The molecule has 2 rings (SSSR count). The van der Waals surface area contributed by atoms with Gasteiger partial charge in [0.1, 0.15) is 0 Å². The van der Waals surface area contributed by atoms with E-state index in [4.69, 9.17) is 5.73 Å². The third-order valence-electron chi connectivity index (χ3n) is 4.26. The number of pyridine rings is 1. The van der Waals surface area contributed by atoms with Crippen LogP contribution in [0.15, 0.2) is 24.3 Å². The van der Waals surface area contributed by atoms with E-state index in [1.807, 2.05) is 25.1 Å². The normalized spacial score (nSPS) is 12.1. The Bertz CT molecular complexity index is 615. The molecule has 0 aliphatic carbocycles. The van der Waals surface area contributed by atoms with Gasteiger partial charge in [-0.2, -0.15) is 0 Å². The number of aryl methyl sites for hydroxylation is 1. The molecule has 1 aromatic carbocycles. The molecule has 3 nitrogen and oxygen atoms in total. The maximum absolute atomic E-state index is 5.91. The van der Waals surface area contributed by atoms with Crippen LogP contribution in [0.2, 0.25) is 0 Å². The minimum atomic E-state index is 0.240. The second-order valence-electron chi connectivity index (χ2n) is 6.58. The SMILES string of the molecule is Cc1cc(NCC(C)(C)C(C)C)c2cc(N)ccc2n1. The maximum Gasteiger partial charge on any atom is 0.0727 e. The maximum atomic E-state index is 5.91. The standard InChI is InChI=1S/C17H25N3/c1-11(2)17(4,5)10-19-16-8-12(3)20-15-7-6-13(18)9-14(15)16/h6-9,11H,10,18H2,1-5H3,(H,19,20). The Hall–Kier alpha value is -1.77. The summed E-state index contributed by atoms with van der Waals surface area (Å²) in [5, 5.41) is 4.67. The predicted molar refractivity (Wildman–Crippen MR) is 88.0 cm³/mol.